The van der Waals surface area contributed by atoms with Crippen LogP contribution in [-0.4, -0.2) is 27.8 Å². The molecule has 0 saturated heterocycles. The van der Waals surface area contributed by atoms with Gasteiger partial charge in [0.1, 0.15) is 11.6 Å². The van der Waals surface area contributed by atoms with E-state index in [1.54, 1.807) is 0 Å². The number of fused-ring (bicyclic) bond motifs is 1. The number of aryl methyl sites for hydroxylation is 1. The summed E-state index contributed by atoms with van der Waals surface area (Å²) in [7, 11) is 1.43. The topological polar surface area (TPSA) is 83.0 Å². The predicted octanol–water partition coefficient (Wildman–Crippen LogP) is -0.138. The van der Waals surface area contributed by atoms with Crippen molar-refractivity contribution in [2.75, 3.05) is 7.11 Å². The predicted molar refractivity (Wildman–Crippen MR) is 56.4 cm³/mol. The fraction of sp³-hybridized carbons (Fsp3) is 0.700. The molecule has 6 heteroatoms. The highest BCUT2D eigenvalue weighted by atomic mass is 16.5. The van der Waals surface area contributed by atoms with Gasteiger partial charge in [-0.1, -0.05) is 0 Å². The third kappa shape index (κ3) is 1.92. The van der Waals surface area contributed by atoms with Gasteiger partial charge in [-0.25, -0.2) is 0 Å². The van der Waals surface area contributed by atoms with Crippen LogP contribution in [0.2, 0.25) is 0 Å². The van der Waals surface area contributed by atoms with Crippen molar-refractivity contribution < 1.29 is 9.53 Å². The summed E-state index contributed by atoms with van der Waals surface area (Å²) in [5.74, 6) is 1.55. The van der Waals surface area contributed by atoms with Crippen LogP contribution in [0, 0.1) is 5.92 Å². The number of carbonyl (C=O) groups excluding carboxylic acids is 1. The number of aromatic nitrogens is 3. The Labute approximate surface area is 93.8 Å². The molecule has 0 fully saturated rings. The van der Waals surface area contributed by atoms with E-state index in [-0.39, 0.29) is 11.9 Å². The van der Waals surface area contributed by atoms with E-state index < -0.39 is 0 Å². The fourth-order valence-corrected chi connectivity index (χ4v) is 2.10. The second kappa shape index (κ2) is 4.61. The maximum Gasteiger partial charge on any atom is 0.308 e. The first kappa shape index (κ1) is 11.1. The van der Waals surface area contributed by atoms with Crippen LogP contribution in [0.15, 0.2) is 0 Å². The van der Waals surface area contributed by atoms with E-state index >= 15 is 0 Å². The summed E-state index contributed by atoms with van der Waals surface area (Å²) in [4.78, 5) is 11.5. The van der Waals surface area contributed by atoms with Gasteiger partial charge in [-0.15, -0.1) is 10.2 Å². The molecule has 1 atom stereocenters. The maximum absolute atomic E-state index is 11.5. The number of carbonyl (C=O) groups is 1. The number of nitrogens with zero attached hydrogens (tertiary/aromatic N) is 3. The molecular formula is C10H16N4O2. The number of rotatable bonds is 2. The summed E-state index contributed by atoms with van der Waals surface area (Å²) < 4.78 is 6.79. The molecule has 2 rings (SSSR count). The van der Waals surface area contributed by atoms with Crippen LogP contribution in [0.3, 0.4) is 0 Å². The van der Waals surface area contributed by atoms with Gasteiger partial charge < -0.3 is 15.0 Å². The Morgan fingerprint density at radius 2 is 2.38 bits per heavy atom. The SMILES string of the molecule is COC(=O)C1CCc2nnc(CN)n2CC1. The molecule has 0 aliphatic carbocycles. The van der Waals surface area contributed by atoms with Gasteiger partial charge >= 0.3 is 5.97 Å². The third-order valence-corrected chi connectivity index (χ3v) is 3.04. The van der Waals surface area contributed by atoms with Crippen molar-refractivity contribution in [2.24, 2.45) is 11.7 Å². The lowest BCUT2D eigenvalue weighted by Crippen LogP contribution is -2.17. The van der Waals surface area contributed by atoms with Crippen molar-refractivity contribution in [1.82, 2.24) is 14.8 Å². The number of nitrogens with two attached hydrogens (primary N) is 1. The van der Waals surface area contributed by atoms with Gasteiger partial charge in [0.2, 0.25) is 0 Å². The Bertz CT molecular complexity index is 388. The average Bonchev–Trinajstić information content (AvgIpc) is 2.59. The van der Waals surface area contributed by atoms with Crippen molar-refractivity contribution >= 4 is 5.97 Å². The lowest BCUT2D eigenvalue weighted by molar-refractivity contribution is -0.145. The molecule has 1 unspecified atom stereocenters. The highest BCUT2D eigenvalue weighted by Crippen LogP contribution is 2.20. The molecule has 1 aliphatic heterocycles. The van der Waals surface area contributed by atoms with Gasteiger partial charge in [0, 0.05) is 13.0 Å². The summed E-state index contributed by atoms with van der Waals surface area (Å²) in [6, 6.07) is 0. The Morgan fingerprint density at radius 3 is 3.06 bits per heavy atom. The van der Waals surface area contributed by atoms with E-state index in [9.17, 15) is 4.79 Å². The van der Waals surface area contributed by atoms with E-state index in [4.69, 9.17) is 10.5 Å². The lowest BCUT2D eigenvalue weighted by Gasteiger charge is -2.10. The molecule has 0 saturated carbocycles. The van der Waals surface area contributed by atoms with Crippen LogP contribution in [0.4, 0.5) is 0 Å². The largest absolute Gasteiger partial charge is 0.469 e. The van der Waals surface area contributed by atoms with Crippen molar-refractivity contribution in [2.45, 2.75) is 32.4 Å². The first-order chi connectivity index (χ1) is 7.76. The second-order valence-corrected chi connectivity index (χ2v) is 3.94. The minimum absolute atomic E-state index is 0.0303. The molecule has 0 radical (unpaired) electrons. The van der Waals surface area contributed by atoms with Crippen LogP contribution in [-0.2, 0) is 29.0 Å². The molecule has 1 aromatic heterocycles. The molecule has 1 aromatic rings. The molecule has 0 spiro atoms. The third-order valence-electron chi connectivity index (χ3n) is 3.04. The van der Waals surface area contributed by atoms with E-state index in [1.165, 1.54) is 7.11 Å². The molecule has 0 amide bonds. The summed E-state index contributed by atoms with van der Waals surface area (Å²) in [6.45, 7) is 1.13. The molecule has 16 heavy (non-hydrogen) atoms. The zero-order valence-corrected chi connectivity index (χ0v) is 9.35. The van der Waals surface area contributed by atoms with Crippen LogP contribution >= 0.6 is 0 Å². The van der Waals surface area contributed by atoms with E-state index in [0.29, 0.717) is 6.54 Å². The Kier molecular flexibility index (Phi) is 3.19. The Morgan fingerprint density at radius 1 is 1.56 bits per heavy atom. The number of hydrogen-bond donors (Lipinski definition) is 1. The summed E-state index contributed by atoms with van der Waals surface area (Å²) >= 11 is 0. The second-order valence-electron chi connectivity index (χ2n) is 3.94. The van der Waals surface area contributed by atoms with Crippen LogP contribution in [0.25, 0.3) is 0 Å². The van der Waals surface area contributed by atoms with Crippen molar-refractivity contribution in [3.05, 3.63) is 11.6 Å². The molecule has 2 N–H and O–H groups in total. The fourth-order valence-electron chi connectivity index (χ4n) is 2.10. The van der Waals surface area contributed by atoms with Gasteiger partial charge in [0.25, 0.3) is 0 Å². The van der Waals surface area contributed by atoms with Crippen molar-refractivity contribution in [3.8, 4) is 0 Å². The van der Waals surface area contributed by atoms with Crippen LogP contribution in [0.1, 0.15) is 24.5 Å². The van der Waals surface area contributed by atoms with Gasteiger partial charge in [-0.2, -0.15) is 0 Å². The highest BCUT2D eigenvalue weighted by molar-refractivity contribution is 5.72. The average molecular weight is 224 g/mol. The number of esters is 1. The van der Waals surface area contributed by atoms with Crippen molar-refractivity contribution in [3.63, 3.8) is 0 Å². The standard InChI is InChI=1S/C10H16N4O2/c1-16-10(15)7-2-3-8-12-13-9(6-11)14(8)5-4-7/h7H,2-6,11H2,1H3. The normalized spacial score (nSPS) is 20.0. The summed E-state index contributed by atoms with van der Waals surface area (Å²) in [5.41, 5.74) is 5.58. The minimum atomic E-state index is -0.131. The molecular weight excluding hydrogens is 208 g/mol. The van der Waals surface area contributed by atoms with Gasteiger partial charge in [-0.3, -0.25) is 4.79 Å². The Balaban J connectivity index is 2.13. The number of hydrogen-bond acceptors (Lipinski definition) is 5. The van der Waals surface area contributed by atoms with E-state index in [1.807, 2.05) is 4.57 Å². The van der Waals surface area contributed by atoms with E-state index in [0.717, 1.165) is 37.5 Å². The first-order valence-electron chi connectivity index (χ1n) is 5.45. The van der Waals surface area contributed by atoms with Gasteiger partial charge in [-0.05, 0) is 12.8 Å². The van der Waals surface area contributed by atoms with Crippen LogP contribution < -0.4 is 5.73 Å². The zero-order valence-electron chi connectivity index (χ0n) is 9.35. The monoisotopic (exact) mass is 224 g/mol. The van der Waals surface area contributed by atoms with E-state index in [2.05, 4.69) is 10.2 Å². The van der Waals surface area contributed by atoms with Crippen LogP contribution in [0.5, 0.6) is 0 Å². The zero-order chi connectivity index (χ0) is 11.5. The molecule has 6 nitrogen and oxygen atoms in total. The smallest absolute Gasteiger partial charge is 0.308 e. The Hall–Kier alpha value is -1.43. The molecule has 0 aromatic carbocycles. The number of ether oxygens (including phenoxy) is 1. The number of methoxy groups -OCH3 is 1. The summed E-state index contributed by atoms with van der Waals surface area (Å²) in [6.07, 6.45) is 2.30. The maximum atomic E-state index is 11.5. The molecule has 0 bridgehead atoms. The first-order valence-corrected chi connectivity index (χ1v) is 5.45. The quantitative estimate of drug-likeness (QED) is 0.707. The highest BCUT2D eigenvalue weighted by Gasteiger charge is 2.24. The van der Waals surface area contributed by atoms with Crippen molar-refractivity contribution in [1.29, 1.82) is 0 Å². The van der Waals surface area contributed by atoms with Gasteiger partial charge in [0.15, 0.2) is 0 Å². The lowest BCUT2D eigenvalue weighted by atomic mass is 10.0. The molecule has 2 heterocycles. The molecule has 88 valence electrons. The minimum Gasteiger partial charge on any atom is -0.469 e. The van der Waals surface area contributed by atoms with Gasteiger partial charge in [0.05, 0.1) is 19.6 Å². The molecule has 1 aliphatic rings. The summed E-state index contributed by atoms with van der Waals surface area (Å²) in [5, 5.41) is 8.11.